The first kappa shape index (κ1) is 19.9. The van der Waals surface area contributed by atoms with Crippen molar-refractivity contribution in [1.29, 1.82) is 0 Å². The summed E-state index contributed by atoms with van der Waals surface area (Å²) in [5.41, 5.74) is 4.22. The number of nitrogens with zero attached hydrogens (tertiary/aromatic N) is 1. The molecular weight excluding hydrogens is 448 g/mol. The molecule has 0 saturated carbocycles. The van der Waals surface area contributed by atoms with E-state index >= 15 is 0 Å². The molecule has 0 atom stereocenters. The van der Waals surface area contributed by atoms with E-state index in [0.29, 0.717) is 10.7 Å². The summed E-state index contributed by atoms with van der Waals surface area (Å²) in [5, 5.41) is 3.22. The SMILES string of the molecule is O=C1NC(=S)N(c2ccc(Cl)cc2)C(=O)/C1=C/c1cc2c(s1)C=Cc1ccccc1C2. The molecule has 0 unspecified atom stereocenters. The smallest absolute Gasteiger partial charge is 0.270 e. The molecule has 1 aliphatic heterocycles. The molecular formula is C24H15ClN2O2S2. The molecule has 1 aliphatic carbocycles. The molecule has 0 bridgehead atoms. The van der Waals surface area contributed by atoms with Crippen LogP contribution in [0, 0.1) is 0 Å². The molecule has 152 valence electrons. The highest BCUT2D eigenvalue weighted by Crippen LogP contribution is 2.33. The van der Waals surface area contributed by atoms with Crippen LogP contribution in [0.1, 0.15) is 26.4 Å². The number of rotatable bonds is 2. The zero-order chi connectivity index (χ0) is 21.5. The second-order valence-corrected chi connectivity index (χ2v) is 9.12. The zero-order valence-corrected chi connectivity index (χ0v) is 18.5. The number of thiophene rings is 1. The maximum atomic E-state index is 13.2. The molecule has 5 rings (SSSR count). The number of benzene rings is 2. The van der Waals surface area contributed by atoms with Crippen LogP contribution >= 0.6 is 35.2 Å². The van der Waals surface area contributed by atoms with Gasteiger partial charge in [-0.2, -0.15) is 0 Å². The van der Waals surface area contributed by atoms with Crippen LogP contribution in [-0.4, -0.2) is 16.9 Å². The average molecular weight is 463 g/mol. The van der Waals surface area contributed by atoms with Gasteiger partial charge in [0.1, 0.15) is 5.57 Å². The third-order valence-corrected chi connectivity index (χ3v) is 6.81. The molecule has 3 aromatic rings. The maximum Gasteiger partial charge on any atom is 0.270 e. The maximum absolute atomic E-state index is 13.2. The summed E-state index contributed by atoms with van der Waals surface area (Å²) in [5.74, 6) is -0.953. The molecule has 1 aromatic heterocycles. The minimum atomic E-state index is -0.496. The summed E-state index contributed by atoms with van der Waals surface area (Å²) in [6, 6.07) is 17.1. The van der Waals surface area contributed by atoms with Crippen LogP contribution < -0.4 is 10.2 Å². The van der Waals surface area contributed by atoms with Crippen molar-refractivity contribution < 1.29 is 9.59 Å². The highest BCUT2D eigenvalue weighted by molar-refractivity contribution is 7.80. The van der Waals surface area contributed by atoms with Gasteiger partial charge in [-0.15, -0.1) is 11.3 Å². The van der Waals surface area contributed by atoms with Gasteiger partial charge in [0, 0.05) is 14.8 Å². The number of carbonyl (C=O) groups excluding carboxylic acids is 2. The Morgan fingerprint density at radius 3 is 2.61 bits per heavy atom. The van der Waals surface area contributed by atoms with Crippen molar-refractivity contribution in [1.82, 2.24) is 5.32 Å². The van der Waals surface area contributed by atoms with E-state index in [4.69, 9.17) is 23.8 Å². The zero-order valence-electron chi connectivity index (χ0n) is 16.1. The molecule has 4 nitrogen and oxygen atoms in total. The Bertz CT molecular complexity index is 1310. The van der Waals surface area contributed by atoms with Gasteiger partial charge >= 0.3 is 0 Å². The summed E-state index contributed by atoms with van der Waals surface area (Å²) in [7, 11) is 0. The minimum absolute atomic E-state index is 0.0457. The third-order valence-electron chi connectivity index (χ3n) is 5.18. The lowest BCUT2D eigenvalue weighted by Crippen LogP contribution is -2.54. The number of thiocarbonyl (C=S) groups is 1. The van der Waals surface area contributed by atoms with E-state index < -0.39 is 11.8 Å². The fraction of sp³-hybridized carbons (Fsp3) is 0.0417. The first-order valence-electron chi connectivity index (χ1n) is 9.55. The number of halogens is 1. The van der Waals surface area contributed by atoms with Crippen molar-refractivity contribution in [3.63, 3.8) is 0 Å². The van der Waals surface area contributed by atoms with E-state index in [2.05, 4.69) is 29.6 Å². The normalized spacial score (nSPS) is 16.7. The van der Waals surface area contributed by atoms with Gasteiger partial charge in [0.05, 0.1) is 5.69 Å². The van der Waals surface area contributed by atoms with Crippen LogP contribution in [0.15, 0.2) is 60.2 Å². The first-order valence-corrected chi connectivity index (χ1v) is 11.2. The topological polar surface area (TPSA) is 49.4 Å². The fourth-order valence-electron chi connectivity index (χ4n) is 3.67. The summed E-state index contributed by atoms with van der Waals surface area (Å²) in [6.07, 6.45) is 6.64. The van der Waals surface area contributed by atoms with Crippen LogP contribution in [0.25, 0.3) is 18.2 Å². The lowest BCUT2D eigenvalue weighted by atomic mass is 10.0. The number of fused-ring (bicyclic) bond motifs is 2. The minimum Gasteiger partial charge on any atom is -0.298 e. The number of anilines is 1. The fourth-order valence-corrected chi connectivity index (χ4v) is 5.11. The van der Waals surface area contributed by atoms with Crippen LogP contribution in [-0.2, 0) is 16.0 Å². The van der Waals surface area contributed by atoms with E-state index in [9.17, 15) is 9.59 Å². The lowest BCUT2D eigenvalue weighted by Gasteiger charge is -2.28. The number of hydrogen-bond acceptors (Lipinski definition) is 4. The molecule has 2 aromatic carbocycles. The quantitative estimate of drug-likeness (QED) is 0.249. The highest BCUT2D eigenvalue weighted by atomic mass is 35.5. The van der Waals surface area contributed by atoms with Crippen LogP contribution in [0.3, 0.4) is 0 Å². The average Bonchev–Trinajstić information content (AvgIpc) is 3.04. The van der Waals surface area contributed by atoms with Crippen molar-refractivity contribution in [2.24, 2.45) is 0 Å². The van der Waals surface area contributed by atoms with Crippen molar-refractivity contribution in [3.05, 3.63) is 91.6 Å². The van der Waals surface area contributed by atoms with E-state index in [0.717, 1.165) is 16.2 Å². The number of carbonyl (C=O) groups is 2. The number of hydrogen-bond donors (Lipinski definition) is 1. The summed E-state index contributed by atoms with van der Waals surface area (Å²) in [6.45, 7) is 0. The Morgan fingerprint density at radius 1 is 1.03 bits per heavy atom. The molecule has 31 heavy (non-hydrogen) atoms. The monoisotopic (exact) mass is 462 g/mol. The summed E-state index contributed by atoms with van der Waals surface area (Å²) >= 11 is 12.7. The van der Waals surface area contributed by atoms with Crippen molar-refractivity contribution >= 4 is 76.0 Å². The van der Waals surface area contributed by atoms with E-state index in [1.54, 1.807) is 41.7 Å². The van der Waals surface area contributed by atoms with E-state index in [1.807, 2.05) is 18.2 Å². The van der Waals surface area contributed by atoms with E-state index in [-0.39, 0.29) is 10.7 Å². The molecule has 7 heteroatoms. The molecule has 0 radical (unpaired) electrons. The Balaban J connectivity index is 1.49. The second kappa shape index (κ2) is 7.89. The van der Waals surface area contributed by atoms with Crippen LogP contribution in [0.2, 0.25) is 5.02 Å². The second-order valence-electron chi connectivity index (χ2n) is 7.18. The first-order chi connectivity index (χ1) is 15.0. The standard InChI is InChI=1S/C24H15ClN2O2S2/c25-17-6-8-18(9-7-17)27-23(29)20(22(28)26-24(27)30)13-19-12-16-11-15-4-2-1-3-14(15)5-10-21(16)31-19/h1-10,12-13H,11H2,(H,26,28,30)/b20-13+. The molecule has 2 aliphatic rings. The molecule has 0 spiro atoms. The van der Waals surface area contributed by atoms with Gasteiger partial charge in [0.25, 0.3) is 11.8 Å². The van der Waals surface area contributed by atoms with Gasteiger partial charge in [0.15, 0.2) is 5.11 Å². The van der Waals surface area contributed by atoms with Crippen molar-refractivity contribution in [2.75, 3.05) is 4.90 Å². The van der Waals surface area contributed by atoms with Gasteiger partial charge < -0.3 is 0 Å². The number of nitrogens with one attached hydrogen (secondary N) is 1. The number of amides is 2. The van der Waals surface area contributed by atoms with Gasteiger partial charge in [-0.1, -0.05) is 41.9 Å². The summed E-state index contributed by atoms with van der Waals surface area (Å²) in [4.78, 5) is 29.0. The Labute approximate surface area is 193 Å². The van der Waals surface area contributed by atoms with Crippen LogP contribution in [0.5, 0.6) is 0 Å². The van der Waals surface area contributed by atoms with Gasteiger partial charge in [-0.3, -0.25) is 19.8 Å². The molecule has 1 saturated heterocycles. The third kappa shape index (κ3) is 3.74. The predicted octanol–water partition coefficient (Wildman–Crippen LogP) is 5.31. The van der Waals surface area contributed by atoms with Crippen molar-refractivity contribution in [3.8, 4) is 0 Å². The summed E-state index contributed by atoms with van der Waals surface area (Å²) < 4.78 is 0. The van der Waals surface area contributed by atoms with Crippen LogP contribution in [0.4, 0.5) is 5.69 Å². The Hall–Kier alpha value is -3.06. The predicted molar refractivity (Wildman–Crippen MR) is 130 cm³/mol. The highest BCUT2D eigenvalue weighted by Gasteiger charge is 2.34. The van der Waals surface area contributed by atoms with E-state index in [1.165, 1.54) is 21.6 Å². The molecule has 1 fully saturated rings. The van der Waals surface area contributed by atoms with Gasteiger partial charge in [-0.05, 0) is 77.8 Å². The Kier molecular flexibility index (Phi) is 5.06. The van der Waals surface area contributed by atoms with Gasteiger partial charge in [-0.25, -0.2) is 0 Å². The van der Waals surface area contributed by atoms with Gasteiger partial charge in [0.2, 0.25) is 0 Å². The largest absolute Gasteiger partial charge is 0.298 e. The Morgan fingerprint density at radius 2 is 1.81 bits per heavy atom. The molecule has 1 N–H and O–H groups in total. The molecule has 2 amide bonds. The lowest BCUT2D eigenvalue weighted by molar-refractivity contribution is -0.122. The molecule has 2 heterocycles. The van der Waals surface area contributed by atoms with Crippen molar-refractivity contribution in [2.45, 2.75) is 6.42 Å².